The van der Waals surface area contributed by atoms with E-state index < -0.39 is 13.0 Å². The van der Waals surface area contributed by atoms with Crippen LogP contribution in [0.25, 0.3) is 6.08 Å². The molecule has 1 aliphatic heterocycles. The summed E-state index contributed by atoms with van der Waals surface area (Å²) in [4.78, 5) is 20.4. The standard InChI is InChI=1S/C25H34F2N4O2S/c1-30-16-20(15-28-30)6-7-21(32)14-19-4-2-18(3-5-19)8-11-31-12-9-22-23(10-13-31)34-25(29-22)33-17-24(26)27/h6-7,15-16,18-19,24H,2-5,8-14,17H2,1H3/b7-6+. The first kappa shape index (κ1) is 25.0. The molecule has 2 aromatic heterocycles. The molecule has 2 aliphatic rings. The van der Waals surface area contributed by atoms with Gasteiger partial charge in [-0.25, -0.2) is 13.8 Å². The van der Waals surface area contributed by atoms with E-state index in [0.717, 1.165) is 62.5 Å². The number of aromatic nitrogens is 3. The Bertz CT molecular complexity index is 941. The molecular formula is C25H34F2N4O2S. The first-order chi connectivity index (χ1) is 16.4. The average Bonchev–Trinajstić information content (AvgIpc) is 3.37. The highest BCUT2D eigenvalue weighted by molar-refractivity contribution is 7.13. The van der Waals surface area contributed by atoms with Gasteiger partial charge in [0.25, 0.3) is 11.6 Å². The van der Waals surface area contributed by atoms with Crippen molar-refractivity contribution in [1.82, 2.24) is 19.7 Å². The van der Waals surface area contributed by atoms with Gasteiger partial charge in [-0.15, -0.1) is 0 Å². The van der Waals surface area contributed by atoms with Crippen LogP contribution >= 0.6 is 11.3 Å². The van der Waals surface area contributed by atoms with E-state index in [1.165, 1.54) is 35.5 Å². The molecule has 0 radical (unpaired) electrons. The number of carbonyl (C=O) groups excluding carboxylic acids is 1. The second-order valence-corrected chi connectivity index (χ2v) is 10.6. The van der Waals surface area contributed by atoms with Gasteiger partial charge in [-0.3, -0.25) is 9.48 Å². The van der Waals surface area contributed by atoms with Gasteiger partial charge in [-0.05, 0) is 56.2 Å². The normalized spacial score (nSPS) is 21.6. The third kappa shape index (κ3) is 7.43. The Morgan fingerprint density at radius 1 is 1.24 bits per heavy atom. The molecule has 3 heterocycles. The SMILES string of the molecule is Cn1cc(/C=C/C(=O)CC2CCC(CCN3CCc4nc(OCC(F)F)sc4CC3)CC2)cn1. The molecule has 0 bridgehead atoms. The molecular weight excluding hydrogens is 458 g/mol. The van der Waals surface area contributed by atoms with Crippen molar-refractivity contribution in [1.29, 1.82) is 0 Å². The number of nitrogens with zero attached hydrogens (tertiary/aromatic N) is 4. The van der Waals surface area contributed by atoms with Crippen molar-refractivity contribution in [2.75, 3.05) is 26.2 Å². The summed E-state index contributed by atoms with van der Waals surface area (Å²) in [5.74, 6) is 1.45. The van der Waals surface area contributed by atoms with Gasteiger partial charge in [-0.2, -0.15) is 5.10 Å². The van der Waals surface area contributed by atoms with Crippen LogP contribution in [0.15, 0.2) is 18.5 Å². The number of hydrogen-bond acceptors (Lipinski definition) is 6. The van der Waals surface area contributed by atoms with E-state index in [2.05, 4.69) is 15.0 Å². The molecule has 0 aromatic carbocycles. The van der Waals surface area contributed by atoms with Crippen LogP contribution in [0, 0.1) is 11.8 Å². The summed E-state index contributed by atoms with van der Waals surface area (Å²) < 4.78 is 31.5. The number of hydrogen-bond donors (Lipinski definition) is 0. The highest BCUT2D eigenvalue weighted by Gasteiger charge is 2.24. The molecule has 1 saturated carbocycles. The lowest BCUT2D eigenvalue weighted by Crippen LogP contribution is -2.29. The lowest BCUT2D eigenvalue weighted by molar-refractivity contribution is -0.115. The van der Waals surface area contributed by atoms with Gasteiger partial charge in [0.2, 0.25) is 0 Å². The van der Waals surface area contributed by atoms with Gasteiger partial charge in [0.05, 0.1) is 11.9 Å². The van der Waals surface area contributed by atoms with Crippen LogP contribution in [-0.4, -0.2) is 58.1 Å². The van der Waals surface area contributed by atoms with Crippen LogP contribution in [0.4, 0.5) is 8.78 Å². The second-order valence-electron chi connectivity index (χ2n) is 9.52. The number of thiazole rings is 1. The molecule has 0 atom stereocenters. The van der Waals surface area contributed by atoms with Gasteiger partial charge in [0.1, 0.15) is 0 Å². The summed E-state index contributed by atoms with van der Waals surface area (Å²) in [6.07, 6.45) is 13.0. The van der Waals surface area contributed by atoms with Crippen LogP contribution in [0.5, 0.6) is 5.19 Å². The molecule has 0 N–H and O–H groups in total. The number of halogens is 2. The average molecular weight is 493 g/mol. The molecule has 6 nitrogen and oxygen atoms in total. The maximum absolute atomic E-state index is 12.4. The zero-order valence-corrected chi connectivity index (χ0v) is 20.6. The fraction of sp³-hybridized carbons (Fsp3) is 0.640. The van der Waals surface area contributed by atoms with Crippen LogP contribution in [0.2, 0.25) is 0 Å². The van der Waals surface area contributed by atoms with Crippen molar-refractivity contribution < 1.29 is 18.3 Å². The van der Waals surface area contributed by atoms with Crippen molar-refractivity contribution >= 4 is 23.2 Å². The Balaban J connectivity index is 1.13. The molecule has 1 fully saturated rings. The first-order valence-electron chi connectivity index (χ1n) is 12.3. The van der Waals surface area contributed by atoms with E-state index in [4.69, 9.17) is 4.74 Å². The van der Waals surface area contributed by atoms with Crippen molar-refractivity contribution in [3.05, 3.63) is 34.6 Å². The predicted octanol–water partition coefficient (Wildman–Crippen LogP) is 4.79. The summed E-state index contributed by atoms with van der Waals surface area (Å²) in [5.41, 5.74) is 1.97. The number of carbonyl (C=O) groups is 1. The molecule has 0 spiro atoms. The van der Waals surface area contributed by atoms with Crippen molar-refractivity contribution in [2.24, 2.45) is 18.9 Å². The van der Waals surface area contributed by atoms with E-state index in [0.29, 0.717) is 17.5 Å². The lowest BCUT2D eigenvalue weighted by atomic mass is 9.78. The van der Waals surface area contributed by atoms with Gasteiger partial charge >= 0.3 is 0 Å². The van der Waals surface area contributed by atoms with Crippen molar-refractivity contribution in [3.63, 3.8) is 0 Å². The molecule has 34 heavy (non-hydrogen) atoms. The molecule has 9 heteroatoms. The third-order valence-electron chi connectivity index (χ3n) is 6.91. The topological polar surface area (TPSA) is 60.2 Å². The number of rotatable bonds is 10. The molecule has 0 amide bonds. The van der Waals surface area contributed by atoms with Crippen molar-refractivity contribution in [2.45, 2.75) is 57.8 Å². The van der Waals surface area contributed by atoms with E-state index in [9.17, 15) is 13.6 Å². The molecule has 186 valence electrons. The van der Waals surface area contributed by atoms with Gasteiger partial charge in [-0.1, -0.05) is 24.2 Å². The number of ether oxygens (including phenoxy) is 1. The highest BCUT2D eigenvalue weighted by atomic mass is 32.1. The first-order valence-corrected chi connectivity index (χ1v) is 13.1. The largest absolute Gasteiger partial charge is 0.464 e. The fourth-order valence-electron chi connectivity index (χ4n) is 4.96. The van der Waals surface area contributed by atoms with Gasteiger partial charge in [0, 0.05) is 49.6 Å². The molecule has 0 saturated heterocycles. The number of alkyl halides is 2. The molecule has 0 unspecified atom stereocenters. The van der Waals surface area contributed by atoms with Crippen LogP contribution < -0.4 is 4.74 Å². The van der Waals surface area contributed by atoms with E-state index >= 15 is 0 Å². The number of fused-ring (bicyclic) bond motifs is 1. The third-order valence-corrected chi connectivity index (χ3v) is 7.98. The number of allylic oxidation sites excluding steroid dienone is 1. The summed E-state index contributed by atoms with van der Waals surface area (Å²) in [7, 11) is 1.87. The quantitative estimate of drug-likeness (QED) is 0.447. The maximum atomic E-state index is 12.4. The molecule has 4 rings (SSSR count). The number of ketones is 1. The van der Waals surface area contributed by atoms with Gasteiger partial charge < -0.3 is 9.64 Å². The fourth-order valence-corrected chi connectivity index (χ4v) is 5.92. The van der Waals surface area contributed by atoms with Crippen LogP contribution in [-0.2, 0) is 24.7 Å². The van der Waals surface area contributed by atoms with E-state index in [1.807, 2.05) is 19.3 Å². The van der Waals surface area contributed by atoms with Gasteiger partial charge in [0.15, 0.2) is 12.4 Å². The molecule has 2 aromatic rings. The lowest BCUT2D eigenvalue weighted by Gasteiger charge is -2.30. The maximum Gasteiger partial charge on any atom is 0.273 e. The minimum absolute atomic E-state index is 0.209. The summed E-state index contributed by atoms with van der Waals surface area (Å²) in [6.45, 7) is 2.44. The predicted molar refractivity (Wildman–Crippen MR) is 129 cm³/mol. The van der Waals surface area contributed by atoms with Crippen molar-refractivity contribution in [3.8, 4) is 5.19 Å². The van der Waals surface area contributed by atoms with E-state index in [1.54, 1.807) is 17.0 Å². The Kier molecular flexibility index (Phi) is 8.83. The Morgan fingerprint density at radius 2 is 2.00 bits per heavy atom. The summed E-state index contributed by atoms with van der Waals surface area (Å²) in [6, 6.07) is 0. The Hall–Kier alpha value is -2.13. The zero-order valence-electron chi connectivity index (χ0n) is 19.8. The van der Waals surface area contributed by atoms with E-state index in [-0.39, 0.29) is 5.78 Å². The minimum Gasteiger partial charge on any atom is -0.464 e. The zero-order chi connectivity index (χ0) is 23.9. The second kappa shape index (κ2) is 12.0. The minimum atomic E-state index is -2.47. The Morgan fingerprint density at radius 3 is 2.74 bits per heavy atom. The van der Waals surface area contributed by atoms with Crippen LogP contribution in [0.3, 0.4) is 0 Å². The Labute approximate surface area is 204 Å². The van der Waals surface area contributed by atoms with Crippen LogP contribution in [0.1, 0.15) is 54.7 Å². The monoisotopic (exact) mass is 492 g/mol. The highest BCUT2D eigenvalue weighted by Crippen LogP contribution is 2.33. The molecule has 1 aliphatic carbocycles. The summed E-state index contributed by atoms with van der Waals surface area (Å²) in [5, 5.41) is 4.49. The smallest absolute Gasteiger partial charge is 0.273 e. The number of aryl methyl sites for hydroxylation is 1. The summed E-state index contributed by atoms with van der Waals surface area (Å²) >= 11 is 1.42.